The number of hydrogen-bond acceptors (Lipinski definition) is 3. The number of carbonyl (C=O) groups excluding carboxylic acids is 1. The topological polar surface area (TPSA) is 46.5 Å². The minimum absolute atomic E-state index is 0. The maximum atomic E-state index is 11.6. The standard InChI is InChI=1S/C22H16O3.3ClH.Ti/c1-14(23)25-20-13-11-16-7-3-5-9-18(16)22(20)21-17-8-4-2-6-15(17)10-12-19(21)24;;;;/h2-13,24H,1H3;3*1H;/q;;;;+3/p-3. The second-order valence-electron chi connectivity index (χ2n) is 5.93. The predicted molar refractivity (Wildman–Crippen MR) is 99.9 cm³/mol. The third-order valence-corrected chi connectivity index (χ3v) is 4.30. The minimum Gasteiger partial charge on any atom is -1.00 e. The Kier molecular flexibility index (Phi) is 10.8. The number of esters is 1. The van der Waals surface area contributed by atoms with Gasteiger partial charge in [0.1, 0.15) is 11.5 Å². The fourth-order valence-corrected chi connectivity index (χ4v) is 3.27. The average molecular weight is 483 g/mol. The molecule has 3 nitrogen and oxygen atoms in total. The van der Waals surface area contributed by atoms with E-state index in [1.54, 1.807) is 12.1 Å². The van der Waals surface area contributed by atoms with Crippen LogP contribution in [0.4, 0.5) is 0 Å². The van der Waals surface area contributed by atoms with E-state index in [4.69, 9.17) is 4.74 Å². The Morgan fingerprint density at radius 3 is 1.76 bits per heavy atom. The molecule has 0 atom stereocenters. The molecule has 0 fully saturated rings. The summed E-state index contributed by atoms with van der Waals surface area (Å²) >= 11 is 0. The Balaban J connectivity index is 0.00000196. The Morgan fingerprint density at radius 2 is 1.21 bits per heavy atom. The Bertz CT molecular complexity index is 1130. The molecule has 4 aromatic rings. The van der Waals surface area contributed by atoms with Gasteiger partial charge in [-0.2, -0.15) is 0 Å². The molecule has 0 aliphatic rings. The van der Waals surface area contributed by atoms with Crippen molar-refractivity contribution >= 4 is 27.5 Å². The first-order valence-electron chi connectivity index (χ1n) is 8.06. The van der Waals surface area contributed by atoms with Gasteiger partial charge < -0.3 is 47.1 Å². The van der Waals surface area contributed by atoms with Gasteiger partial charge in [0.25, 0.3) is 0 Å². The zero-order valence-corrected chi connectivity index (χ0v) is 19.2. The summed E-state index contributed by atoms with van der Waals surface area (Å²) in [6, 6.07) is 23.0. The van der Waals surface area contributed by atoms with Crippen molar-refractivity contribution in [3.8, 4) is 22.6 Å². The van der Waals surface area contributed by atoms with Crippen LogP contribution in [0.15, 0.2) is 72.8 Å². The van der Waals surface area contributed by atoms with Gasteiger partial charge in [0.05, 0.1) is 0 Å². The molecule has 147 valence electrons. The summed E-state index contributed by atoms with van der Waals surface area (Å²) in [5.41, 5.74) is 1.40. The molecule has 4 aromatic carbocycles. The monoisotopic (exact) mass is 481 g/mol. The fraction of sp³-hybridized carbons (Fsp3) is 0.0455. The minimum atomic E-state index is -0.392. The van der Waals surface area contributed by atoms with Crippen molar-refractivity contribution < 1.29 is 73.6 Å². The third kappa shape index (κ3) is 5.25. The van der Waals surface area contributed by atoms with Gasteiger partial charge >= 0.3 is 27.7 Å². The molecule has 0 amide bonds. The SMILES string of the molecule is CC(=O)Oc1ccc2ccccc2c1-c1c(O)ccc2ccccc12.[Cl-].[Cl-].[Cl-].[Ti+3]. The summed E-state index contributed by atoms with van der Waals surface area (Å²) < 4.78 is 5.46. The van der Waals surface area contributed by atoms with E-state index in [0.29, 0.717) is 11.3 Å². The zero-order valence-electron chi connectivity index (χ0n) is 15.3. The zero-order chi connectivity index (χ0) is 17.4. The van der Waals surface area contributed by atoms with E-state index in [1.165, 1.54) is 6.92 Å². The van der Waals surface area contributed by atoms with Crippen LogP contribution in [0.1, 0.15) is 6.92 Å². The van der Waals surface area contributed by atoms with E-state index in [2.05, 4.69) is 0 Å². The smallest absolute Gasteiger partial charge is 1.00 e. The van der Waals surface area contributed by atoms with Gasteiger partial charge in [-0.1, -0.05) is 60.7 Å². The summed E-state index contributed by atoms with van der Waals surface area (Å²) in [6.45, 7) is 1.38. The number of aromatic hydroxyl groups is 1. The maximum absolute atomic E-state index is 11.6. The largest absolute Gasteiger partial charge is 3.00 e. The molecular formula is C22H16Cl3O3Ti. The number of rotatable bonds is 2. The maximum Gasteiger partial charge on any atom is 3.00 e. The number of carbonyl (C=O) groups is 1. The summed E-state index contributed by atoms with van der Waals surface area (Å²) in [5.74, 6) is 0.206. The fourth-order valence-electron chi connectivity index (χ4n) is 3.27. The number of halogens is 3. The van der Waals surface area contributed by atoms with Crippen molar-refractivity contribution in [1.29, 1.82) is 0 Å². The summed E-state index contributed by atoms with van der Waals surface area (Å²) in [7, 11) is 0. The summed E-state index contributed by atoms with van der Waals surface area (Å²) in [4.78, 5) is 11.6. The van der Waals surface area contributed by atoms with Gasteiger partial charge in [0, 0.05) is 18.1 Å². The van der Waals surface area contributed by atoms with Gasteiger partial charge in [-0.3, -0.25) is 4.79 Å². The Hall–Kier alpha value is -1.75. The van der Waals surface area contributed by atoms with Crippen LogP contribution in [0.5, 0.6) is 11.5 Å². The van der Waals surface area contributed by atoms with Crippen molar-refractivity contribution in [2.24, 2.45) is 0 Å². The normalized spacial score (nSPS) is 9.41. The van der Waals surface area contributed by atoms with Crippen LogP contribution in [-0.4, -0.2) is 11.1 Å². The quantitative estimate of drug-likeness (QED) is 0.182. The van der Waals surface area contributed by atoms with Crippen LogP contribution in [0.3, 0.4) is 0 Å². The first-order valence-corrected chi connectivity index (χ1v) is 8.06. The van der Waals surface area contributed by atoms with Crippen LogP contribution in [0.2, 0.25) is 0 Å². The second kappa shape index (κ2) is 11.4. The number of phenols is 1. The summed E-state index contributed by atoms with van der Waals surface area (Å²) in [5, 5.41) is 14.5. The van der Waals surface area contributed by atoms with Gasteiger partial charge in [-0.25, -0.2) is 0 Å². The van der Waals surface area contributed by atoms with E-state index < -0.39 is 5.97 Å². The van der Waals surface area contributed by atoms with E-state index in [0.717, 1.165) is 27.1 Å². The molecule has 1 radical (unpaired) electrons. The average Bonchev–Trinajstić information content (AvgIpc) is 2.62. The van der Waals surface area contributed by atoms with Crippen molar-refractivity contribution in [2.45, 2.75) is 6.92 Å². The van der Waals surface area contributed by atoms with Crippen LogP contribution in [0, 0.1) is 0 Å². The van der Waals surface area contributed by atoms with Crippen molar-refractivity contribution in [2.75, 3.05) is 0 Å². The molecule has 0 unspecified atom stereocenters. The molecule has 0 heterocycles. The molecule has 1 N–H and O–H groups in total. The van der Waals surface area contributed by atoms with E-state index in [-0.39, 0.29) is 64.7 Å². The van der Waals surface area contributed by atoms with Gasteiger partial charge in [-0.05, 0) is 33.7 Å². The van der Waals surface area contributed by atoms with Crippen molar-refractivity contribution in [3.05, 3.63) is 72.8 Å². The second-order valence-corrected chi connectivity index (χ2v) is 5.93. The van der Waals surface area contributed by atoms with Gasteiger partial charge in [-0.15, -0.1) is 0 Å². The van der Waals surface area contributed by atoms with Crippen molar-refractivity contribution in [3.63, 3.8) is 0 Å². The van der Waals surface area contributed by atoms with Crippen LogP contribution < -0.4 is 42.0 Å². The van der Waals surface area contributed by atoms with Crippen LogP contribution >= 0.6 is 0 Å². The van der Waals surface area contributed by atoms with Crippen LogP contribution in [0.25, 0.3) is 32.7 Å². The number of ether oxygens (including phenoxy) is 1. The molecule has 0 saturated heterocycles. The third-order valence-electron chi connectivity index (χ3n) is 4.30. The molecular weight excluding hydrogens is 466 g/mol. The van der Waals surface area contributed by atoms with Gasteiger partial charge in [0.15, 0.2) is 0 Å². The number of benzene rings is 4. The van der Waals surface area contributed by atoms with E-state index >= 15 is 0 Å². The molecule has 4 rings (SSSR count). The Morgan fingerprint density at radius 1 is 0.724 bits per heavy atom. The molecule has 0 aliphatic carbocycles. The van der Waals surface area contributed by atoms with Crippen molar-refractivity contribution in [1.82, 2.24) is 0 Å². The molecule has 7 heteroatoms. The van der Waals surface area contributed by atoms with E-state index in [9.17, 15) is 9.90 Å². The molecule has 29 heavy (non-hydrogen) atoms. The molecule has 0 bridgehead atoms. The molecule has 0 aliphatic heterocycles. The molecule has 0 spiro atoms. The van der Waals surface area contributed by atoms with Gasteiger partial charge in [0.2, 0.25) is 0 Å². The number of fused-ring (bicyclic) bond motifs is 2. The predicted octanol–water partition coefficient (Wildman–Crippen LogP) is -3.70. The molecule has 0 aromatic heterocycles. The number of phenolic OH excluding ortho intramolecular Hbond substituents is 1. The first kappa shape index (κ1) is 27.3. The van der Waals surface area contributed by atoms with Crippen LogP contribution in [-0.2, 0) is 26.5 Å². The van der Waals surface area contributed by atoms with E-state index in [1.807, 2.05) is 60.7 Å². The molecule has 0 saturated carbocycles. The first-order chi connectivity index (χ1) is 12.1. The number of hydrogen-bond donors (Lipinski definition) is 1. The Labute approximate surface area is 202 Å². The summed E-state index contributed by atoms with van der Waals surface area (Å²) in [6.07, 6.45) is 0.